The molecule has 0 aliphatic carbocycles. The highest BCUT2D eigenvalue weighted by Gasteiger charge is 2.17. The first kappa shape index (κ1) is 23.0. The Balaban J connectivity index is 1.15. The standard InChI is InChI=1S/C50H30/c1-2-7-31(8-3-1)46-30-39(23-26-43(46)42-25-20-37-18-16-33-10-5-12-35-22-28-45(42)50(37)48(33)35)38-13-6-14-40(29-38)41-24-19-36-17-15-32-9-4-11-34-21-27-44(41)49(36)47(32)34/h1-30H/i1D,2D,3D,7D,8D. The molecule has 0 nitrogen and oxygen atoms in total. The van der Waals surface area contributed by atoms with Crippen molar-refractivity contribution < 1.29 is 6.85 Å². The van der Waals surface area contributed by atoms with Gasteiger partial charge in [-0.1, -0.05) is 170 Å². The highest BCUT2D eigenvalue weighted by molar-refractivity contribution is 6.27. The van der Waals surface area contributed by atoms with Gasteiger partial charge in [-0.15, -0.1) is 0 Å². The van der Waals surface area contributed by atoms with E-state index in [-0.39, 0.29) is 29.7 Å². The van der Waals surface area contributed by atoms with E-state index in [1.165, 1.54) is 48.5 Å². The van der Waals surface area contributed by atoms with Crippen LogP contribution in [-0.2, 0) is 0 Å². The zero-order valence-electron chi connectivity index (χ0n) is 31.9. The van der Waals surface area contributed by atoms with Crippen molar-refractivity contribution in [1.29, 1.82) is 0 Å². The van der Waals surface area contributed by atoms with Crippen LogP contribution in [0.1, 0.15) is 6.85 Å². The maximum absolute atomic E-state index is 9.08. The second-order valence-corrected chi connectivity index (χ2v) is 13.3. The Morgan fingerprint density at radius 2 is 0.740 bits per heavy atom. The summed E-state index contributed by atoms with van der Waals surface area (Å²) in [5.41, 5.74) is 6.62. The van der Waals surface area contributed by atoms with Crippen molar-refractivity contribution in [1.82, 2.24) is 0 Å². The van der Waals surface area contributed by atoms with Crippen molar-refractivity contribution in [3.8, 4) is 44.5 Å². The van der Waals surface area contributed by atoms with Crippen LogP contribution in [0.4, 0.5) is 0 Å². The van der Waals surface area contributed by atoms with E-state index in [4.69, 9.17) is 6.85 Å². The number of hydrogen-bond acceptors (Lipinski definition) is 0. The maximum atomic E-state index is 9.08. The SMILES string of the molecule is [2H]c1c([2H])c([2H])c(-c2cc(-c3cccc(-c4ccc5ccc6cccc7ccc4c5c67)c3)ccc2-c2ccc3ccc4cccc5ccc2c3c45)c([2H])c1[2H]. The molecule has 0 heteroatoms. The van der Waals surface area contributed by atoms with Gasteiger partial charge in [0.2, 0.25) is 0 Å². The Morgan fingerprint density at radius 1 is 0.280 bits per heavy atom. The lowest BCUT2D eigenvalue weighted by Crippen LogP contribution is -1.91. The molecule has 0 aliphatic rings. The summed E-state index contributed by atoms with van der Waals surface area (Å²) in [6.45, 7) is 0. The average molecular weight is 636 g/mol. The Labute approximate surface area is 297 Å². The molecule has 11 rings (SSSR count). The van der Waals surface area contributed by atoms with Crippen molar-refractivity contribution in [3.05, 3.63) is 182 Å². The van der Waals surface area contributed by atoms with Gasteiger partial charge in [-0.2, -0.15) is 0 Å². The molecular formula is C50H30. The van der Waals surface area contributed by atoms with Gasteiger partial charge in [-0.25, -0.2) is 0 Å². The Kier molecular flexibility index (Phi) is 4.82. The maximum Gasteiger partial charge on any atom is 0.0629 e. The minimum Gasteiger partial charge on any atom is -0.0622 e. The molecular weight excluding hydrogens is 601 g/mol. The molecule has 230 valence electrons. The molecule has 0 radical (unpaired) electrons. The van der Waals surface area contributed by atoms with E-state index >= 15 is 0 Å². The summed E-state index contributed by atoms with van der Waals surface area (Å²) in [4.78, 5) is 0. The summed E-state index contributed by atoms with van der Waals surface area (Å²) in [5, 5.41) is 14.3. The van der Waals surface area contributed by atoms with Crippen LogP contribution in [0.15, 0.2) is 182 Å². The molecule has 0 heterocycles. The lowest BCUT2D eigenvalue weighted by Gasteiger charge is -2.18. The van der Waals surface area contributed by atoms with Crippen molar-refractivity contribution >= 4 is 64.6 Å². The highest BCUT2D eigenvalue weighted by atomic mass is 14.2. The molecule has 0 saturated carbocycles. The van der Waals surface area contributed by atoms with Gasteiger partial charge in [0.05, 0.1) is 6.85 Å². The summed E-state index contributed by atoms with van der Waals surface area (Å²) >= 11 is 0. The molecule has 0 saturated heterocycles. The highest BCUT2D eigenvalue weighted by Crippen LogP contribution is 2.44. The zero-order chi connectivity index (χ0) is 37.1. The number of rotatable bonds is 4. The summed E-state index contributed by atoms with van der Waals surface area (Å²) in [5.74, 6) is 0. The van der Waals surface area contributed by atoms with Gasteiger partial charge in [-0.3, -0.25) is 0 Å². The quantitative estimate of drug-likeness (QED) is 0.169. The van der Waals surface area contributed by atoms with Gasteiger partial charge in [0.25, 0.3) is 0 Å². The van der Waals surface area contributed by atoms with Crippen LogP contribution in [0.5, 0.6) is 0 Å². The van der Waals surface area contributed by atoms with Gasteiger partial charge in [0, 0.05) is 0 Å². The van der Waals surface area contributed by atoms with E-state index in [1.54, 1.807) is 0 Å². The molecule has 0 aliphatic heterocycles. The van der Waals surface area contributed by atoms with E-state index < -0.39 is 6.04 Å². The van der Waals surface area contributed by atoms with E-state index in [0.717, 1.165) is 49.5 Å². The van der Waals surface area contributed by atoms with Crippen LogP contribution < -0.4 is 0 Å². The van der Waals surface area contributed by atoms with Crippen LogP contribution in [0.25, 0.3) is 109 Å². The summed E-state index contributed by atoms with van der Waals surface area (Å²) in [6, 6.07) is 52.0. The second-order valence-electron chi connectivity index (χ2n) is 13.3. The topological polar surface area (TPSA) is 0 Å². The third-order valence-electron chi connectivity index (χ3n) is 10.6. The van der Waals surface area contributed by atoms with E-state index in [0.29, 0.717) is 5.56 Å². The summed E-state index contributed by atoms with van der Waals surface area (Å²) < 4.78 is 43.7. The minimum absolute atomic E-state index is 0.191. The van der Waals surface area contributed by atoms with Crippen LogP contribution >= 0.6 is 0 Å². The number of benzene rings is 11. The fourth-order valence-corrected chi connectivity index (χ4v) is 8.37. The first-order chi connectivity index (χ1) is 26.9. The van der Waals surface area contributed by atoms with E-state index in [1.807, 2.05) is 6.07 Å². The molecule has 11 aromatic carbocycles. The molecule has 0 unspecified atom stereocenters. The normalized spacial score (nSPS) is 13.4. The van der Waals surface area contributed by atoms with Gasteiger partial charge in [-0.05, 0) is 121 Å². The predicted molar refractivity (Wildman–Crippen MR) is 216 cm³/mol. The first-order valence-corrected chi connectivity index (χ1v) is 17.0. The van der Waals surface area contributed by atoms with Gasteiger partial charge >= 0.3 is 0 Å². The second kappa shape index (κ2) is 10.5. The lowest BCUT2D eigenvalue weighted by molar-refractivity contribution is 1.57. The Morgan fingerprint density at radius 3 is 1.38 bits per heavy atom. The molecule has 0 N–H and O–H groups in total. The molecule has 0 amide bonds. The zero-order valence-corrected chi connectivity index (χ0v) is 26.9. The fraction of sp³-hybridized carbons (Fsp3) is 0. The molecule has 0 fully saturated rings. The largest absolute Gasteiger partial charge is 0.0629 e. The van der Waals surface area contributed by atoms with Crippen LogP contribution in [0, 0.1) is 0 Å². The lowest BCUT2D eigenvalue weighted by atomic mass is 9.86. The average Bonchev–Trinajstić information content (AvgIpc) is 3.23. The first-order valence-electron chi connectivity index (χ1n) is 19.5. The third kappa shape index (κ3) is 4.00. The van der Waals surface area contributed by atoms with E-state index in [9.17, 15) is 0 Å². The Bertz CT molecular complexity index is 3320. The molecule has 0 aromatic heterocycles. The van der Waals surface area contributed by atoms with Crippen LogP contribution in [0.2, 0.25) is 0 Å². The molecule has 50 heavy (non-hydrogen) atoms. The van der Waals surface area contributed by atoms with Crippen molar-refractivity contribution in [2.75, 3.05) is 0 Å². The van der Waals surface area contributed by atoms with Crippen molar-refractivity contribution in [3.63, 3.8) is 0 Å². The van der Waals surface area contributed by atoms with Crippen LogP contribution in [0.3, 0.4) is 0 Å². The molecule has 11 aromatic rings. The summed E-state index contributed by atoms with van der Waals surface area (Å²) in [7, 11) is 0. The monoisotopic (exact) mass is 635 g/mol. The minimum atomic E-state index is -0.403. The number of hydrogen-bond donors (Lipinski definition) is 0. The van der Waals surface area contributed by atoms with Gasteiger partial charge in [0.15, 0.2) is 0 Å². The molecule has 0 bridgehead atoms. The fourth-order valence-electron chi connectivity index (χ4n) is 8.37. The smallest absolute Gasteiger partial charge is 0.0622 e. The Hall–Kier alpha value is -6.50. The van der Waals surface area contributed by atoms with Crippen molar-refractivity contribution in [2.24, 2.45) is 0 Å². The van der Waals surface area contributed by atoms with E-state index in [2.05, 4.69) is 146 Å². The van der Waals surface area contributed by atoms with Crippen LogP contribution in [-0.4, -0.2) is 0 Å². The molecule has 0 spiro atoms. The van der Waals surface area contributed by atoms with Gasteiger partial charge in [0.1, 0.15) is 0 Å². The summed E-state index contributed by atoms with van der Waals surface area (Å²) in [6.07, 6.45) is 0. The van der Waals surface area contributed by atoms with Gasteiger partial charge < -0.3 is 0 Å². The molecule has 0 atom stereocenters. The predicted octanol–water partition coefficient (Wildman–Crippen LogP) is 14.1. The third-order valence-corrected chi connectivity index (χ3v) is 10.6. The van der Waals surface area contributed by atoms with Crippen molar-refractivity contribution in [2.45, 2.75) is 0 Å².